The minimum Gasteiger partial charge on any atom is -0.395 e. The average Bonchev–Trinajstić information content (AvgIpc) is 2.35. The molecule has 0 spiro atoms. The maximum atomic E-state index is 13.0. The zero-order chi connectivity index (χ0) is 15.9. The molecule has 0 aromatic heterocycles. The van der Waals surface area contributed by atoms with Crippen molar-refractivity contribution >= 4 is 10.2 Å². The maximum Gasteiger partial charge on any atom is 0.282 e. The molecule has 0 radical (unpaired) electrons. The van der Waals surface area contributed by atoms with E-state index in [2.05, 4.69) is 0 Å². The molecule has 0 aromatic rings. The SMILES string of the molecule is CC1(C)CN(S(=O)(=O)N2CCCCC2CO)CC(C)(C)O1. The van der Waals surface area contributed by atoms with E-state index in [1.54, 1.807) is 0 Å². The van der Waals surface area contributed by atoms with Crippen LogP contribution in [0.15, 0.2) is 0 Å². The normalized spacial score (nSPS) is 31.2. The van der Waals surface area contributed by atoms with Gasteiger partial charge in [-0.1, -0.05) is 6.42 Å². The first-order valence-corrected chi connectivity index (χ1v) is 9.05. The molecule has 2 aliphatic heterocycles. The van der Waals surface area contributed by atoms with Crippen LogP contribution in [0.25, 0.3) is 0 Å². The molecule has 2 rings (SSSR count). The summed E-state index contributed by atoms with van der Waals surface area (Å²) in [4.78, 5) is 0. The summed E-state index contributed by atoms with van der Waals surface area (Å²) in [6.07, 6.45) is 2.55. The second-order valence-electron chi connectivity index (χ2n) is 7.34. The Hall–Kier alpha value is -0.210. The number of aliphatic hydroxyl groups excluding tert-OH is 1. The predicted octanol–water partition coefficient (Wildman–Crippen LogP) is 0.967. The van der Waals surface area contributed by atoms with Gasteiger partial charge < -0.3 is 9.84 Å². The Morgan fingerprint density at radius 1 is 1.14 bits per heavy atom. The summed E-state index contributed by atoms with van der Waals surface area (Å²) in [5.41, 5.74) is -1.03. The molecule has 0 bridgehead atoms. The summed E-state index contributed by atoms with van der Waals surface area (Å²) in [7, 11) is -3.56. The molecule has 2 aliphatic rings. The number of piperidine rings is 1. The summed E-state index contributed by atoms with van der Waals surface area (Å²) in [5, 5.41) is 9.48. The molecule has 2 saturated heterocycles. The minimum absolute atomic E-state index is 0.115. The van der Waals surface area contributed by atoms with Gasteiger partial charge in [0.25, 0.3) is 10.2 Å². The predicted molar refractivity (Wildman–Crippen MR) is 81.2 cm³/mol. The summed E-state index contributed by atoms with van der Waals surface area (Å²) in [6.45, 7) is 8.71. The topological polar surface area (TPSA) is 70.1 Å². The van der Waals surface area contributed by atoms with Gasteiger partial charge in [-0.2, -0.15) is 17.0 Å². The first-order chi connectivity index (χ1) is 9.57. The molecular formula is C14H28N2O4S. The fraction of sp³-hybridized carbons (Fsp3) is 1.00. The van der Waals surface area contributed by atoms with E-state index in [4.69, 9.17) is 4.74 Å². The van der Waals surface area contributed by atoms with Gasteiger partial charge >= 0.3 is 0 Å². The van der Waals surface area contributed by atoms with Crippen LogP contribution in [0.2, 0.25) is 0 Å². The van der Waals surface area contributed by atoms with Crippen molar-refractivity contribution in [3.8, 4) is 0 Å². The van der Waals surface area contributed by atoms with Crippen molar-refractivity contribution in [3.05, 3.63) is 0 Å². The van der Waals surface area contributed by atoms with Gasteiger partial charge in [-0.15, -0.1) is 0 Å². The molecule has 2 fully saturated rings. The lowest BCUT2D eigenvalue weighted by molar-refractivity contribution is -0.164. The Kier molecular flexibility index (Phi) is 4.71. The number of hydrogen-bond acceptors (Lipinski definition) is 4. The maximum absolute atomic E-state index is 13.0. The van der Waals surface area contributed by atoms with E-state index in [0.717, 1.165) is 19.3 Å². The number of morpholine rings is 1. The summed E-state index contributed by atoms with van der Waals surface area (Å²) >= 11 is 0. The van der Waals surface area contributed by atoms with Crippen LogP contribution in [0.3, 0.4) is 0 Å². The van der Waals surface area contributed by atoms with Gasteiger partial charge in [0, 0.05) is 25.7 Å². The monoisotopic (exact) mass is 320 g/mol. The van der Waals surface area contributed by atoms with Crippen LogP contribution in [-0.2, 0) is 14.9 Å². The number of aliphatic hydroxyl groups is 1. The van der Waals surface area contributed by atoms with Gasteiger partial charge in [-0.3, -0.25) is 0 Å². The van der Waals surface area contributed by atoms with E-state index in [1.807, 2.05) is 27.7 Å². The second kappa shape index (κ2) is 5.77. The van der Waals surface area contributed by atoms with Crippen molar-refractivity contribution in [2.45, 2.75) is 64.2 Å². The van der Waals surface area contributed by atoms with Gasteiger partial charge in [0.15, 0.2) is 0 Å². The molecule has 0 amide bonds. The van der Waals surface area contributed by atoms with Crippen molar-refractivity contribution in [2.24, 2.45) is 0 Å². The molecule has 1 unspecified atom stereocenters. The number of hydrogen-bond donors (Lipinski definition) is 1. The Morgan fingerprint density at radius 3 is 2.24 bits per heavy atom. The molecule has 1 N–H and O–H groups in total. The van der Waals surface area contributed by atoms with Gasteiger partial charge in [0.2, 0.25) is 0 Å². The second-order valence-corrected chi connectivity index (χ2v) is 9.22. The van der Waals surface area contributed by atoms with E-state index in [-0.39, 0.29) is 12.6 Å². The quantitative estimate of drug-likeness (QED) is 0.841. The van der Waals surface area contributed by atoms with E-state index < -0.39 is 21.4 Å². The Morgan fingerprint density at radius 2 is 1.71 bits per heavy atom. The van der Waals surface area contributed by atoms with Crippen molar-refractivity contribution in [1.29, 1.82) is 0 Å². The number of rotatable bonds is 3. The van der Waals surface area contributed by atoms with Crippen LogP contribution in [0, 0.1) is 0 Å². The fourth-order valence-electron chi connectivity index (χ4n) is 3.49. The van der Waals surface area contributed by atoms with Crippen molar-refractivity contribution in [1.82, 2.24) is 8.61 Å². The minimum atomic E-state index is -3.56. The highest BCUT2D eigenvalue weighted by molar-refractivity contribution is 7.86. The smallest absolute Gasteiger partial charge is 0.282 e. The van der Waals surface area contributed by atoms with Crippen LogP contribution in [0.5, 0.6) is 0 Å². The van der Waals surface area contributed by atoms with Crippen LogP contribution >= 0.6 is 0 Å². The van der Waals surface area contributed by atoms with Gasteiger partial charge in [0.1, 0.15) is 0 Å². The Labute approximate surface area is 128 Å². The van der Waals surface area contributed by atoms with Crippen molar-refractivity contribution in [2.75, 3.05) is 26.2 Å². The molecule has 6 nitrogen and oxygen atoms in total. The largest absolute Gasteiger partial charge is 0.395 e. The lowest BCUT2D eigenvalue weighted by Gasteiger charge is -2.48. The third kappa shape index (κ3) is 3.76. The van der Waals surface area contributed by atoms with Crippen LogP contribution in [-0.4, -0.2) is 65.6 Å². The molecule has 2 heterocycles. The van der Waals surface area contributed by atoms with Crippen molar-refractivity contribution < 1.29 is 18.3 Å². The number of ether oxygens (including phenoxy) is 1. The summed E-state index contributed by atoms with van der Waals surface area (Å²) in [5.74, 6) is 0. The summed E-state index contributed by atoms with van der Waals surface area (Å²) in [6, 6.07) is -0.294. The van der Waals surface area contributed by atoms with E-state index in [1.165, 1.54) is 8.61 Å². The Bertz CT molecular complexity index is 459. The molecule has 21 heavy (non-hydrogen) atoms. The molecular weight excluding hydrogens is 292 g/mol. The highest BCUT2D eigenvalue weighted by Crippen LogP contribution is 2.32. The van der Waals surface area contributed by atoms with Gasteiger partial charge in [0.05, 0.1) is 17.8 Å². The standard InChI is InChI=1S/C14H28N2O4S/c1-13(2)10-15(11-14(3,4)20-13)21(18,19)16-8-6-5-7-12(16)9-17/h12,17H,5-11H2,1-4H3. The molecule has 0 aliphatic carbocycles. The molecule has 0 aromatic carbocycles. The van der Waals surface area contributed by atoms with E-state index >= 15 is 0 Å². The lowest BCUT2D eigenvalue weighted by atomic mass is 10.0. The first kappa shape index (κ1) is 17.1. The zero-order valence-electron chi connectivity index (χ0n) is 13.5. The van der Waals surface area contributed by atoms with Crippen LogP contribution in [0.4, 0.5) is 0 Å². The molecule has 0 saturated carbocycles. The Balaban J connectivity index is 2.25. The van der Waals surface area contributed by atoms with Crippen LogP contribution < -0.4 is 0 Å². The third-order valence-corrected chi connectivity index (χ3v) is 6.06. The highest BCUT2D eigenvalue weighted by Gasteiger charge is 2.45. The number of nitrogens with zero attached hydrogens (tertiary/aromatic N) is 2. The highest BCUT2D eigenvalue weighted by atomic mass is 32.2. The first-order valence-electron chi connectivity index (χ1n) is 7.65. The molecule has 7 heteroatoms. The van der Waals surface area contributed by atoms with Gasteiger partial charge in [-0.25, -0.2) is 0 Å². The van der Waals surface area contributed by atoms with Crippen molar-refractivity contribution in [3.63, 3.8) is 0 Å². The van der Waals surface area contributed by atoms with Gasteiger partial charge in [-0.05, 0) is 40.5 Å². The third-order valence-electron chi connectivity index (χ3n) is 4.07. The van der Waals surface area contributed by atoms with Crippen LogP contribution in [0.1, 0.15) is 47.0 Å². The van der Waals surface area contributed by atoms with E-state index in [9.17, 15) is 13.5 Å². The zero-order valence-corrected chi connectivity index (χ0v) is 14.3. The average molecular weight is 320 g/mol. The molecule has 124 valence electrons. The lowest BCUT2D eigenvalue weighted by Crippen LogP contribution is -2.62. The fourth-order valence-corrected chi connectivity index (χ4v) is 5.64. The molecule has 1 atom stereocenters. The summed E-state index contributed by atoms with van der Waals surface area (Å²) < 4.78 is 34.9. The van der Waals surface area contributed by atoms with E-state index in [0.29, 0.717) is 19.6 Å².